The second kappa shape index (κ2) is 6.73. The van der Waals surface area contributed by atoms with Crippen LogP contribution in [-0.2, 0) is 4.74 Å². The van der Waals surface area contributed by atoms with Crippen molar-refractivity contribution in [2.75, 3.05) is 59.5 Å². The first-order chi connectivity index (χ1) is 9.81. The first-order valence-electron chi connectivity index (χ1n) is 8.47. The average molecular weight is 281 g/mol. The van der Waals surface area contributed by atoms with Gasteiger partial charge in [0.1, 0.15) is 0 Å². The Hall–Kier alpha value is -0.160. The molecule has 3 aliphatic rings. The molecule has 3 saturated heterocycles. The van der Waals surface area contributed by atoms with Crippen LogP contribution < -0.4 is 5.32 Å². The van der Waals surface area contributed by atoms with Crippen LogP contribution >= 0.6 is 0 Å². The quantitative estimate of drug-likeness (QED) is 0.837. The molecule has 3 aliphatic heterocycles. The SMILES string of the molecule is COCC1(CN2CCCN3CCCC3C2)CCNCC1. The van der Waals surface area contributed by atoms with Crippen molar-refractivity contribution in [3.05, 3.63) is 0 Å². The monoisotopic (exact) mass is 281 g/mol. The molecule has 0 radical (unpaired) electrons. The first-order valence-corrected chi connectivity index (χ1v) is 8.47. The van der Waals surface area contributed by atoms with Crippen molar-refractivity contribution in [1.82, 2.24) is 15.1 Å². The molecule has 3 heterocycles. The van der Waals surface area contributed by atoms with Crippen LogP contribution in [0.3, 0.4) is 0 Å². The highest BCUT2D eigenvalue weighted by Crippen LogP contribution is 2.32. The Morgan fingerprint density at radius 2 is 1.95 bits per heavy atom. The summed E-state index contributed by atoms with van der Waals surface area (Å²) in [5, 5.41) is 3.50. The minimum absolute atomic E-state index is 0.397. The fourth-order valence-corrected chi connectivity index (χ4v) is 4.51. The summed E-state index contributed by atoms with van der Waals surface area (Å²) >= 11 is 0. The molecule has 0 bridgehead atoms. The van der Waals surface area contributed by atoms with Gasteiger partial charge in [-0.1, -0.05) is 0 Å². The van der Waals surface area contributed by atoms with Gasteiger partial charge >= 0.3 is 0 Å². The lowest BCUT2D eigenvalue weighted by molar-refractivity contribution is 0.0209. The van der Waals surface area contributed by atoms with Crippen molar-refractivity contribution < 1.29 is 4.74 Å². The zero-order valence-electron chi connectivity index (χ0n) is 13.1. The number of hydrogen-bond acceptors (Lipinski definition) is 4. The van der Waals surface area contributed by atoms with Crippen LogP contribution in [0.4, 0.5) is 0 Å². The molecule has 0 amide bonds. The van der Waals surface area contributed by atoms with Gasteiger partial charge in [0.15, 0.2) is 0 Å². The van der Waals surface area contributed by atoms with Gasteiger partial charge < -0.3 is 15.0 Å². The lowest BCUT2D eigenvalue weighted by Gasteiger charge is -2.41. The zero-order valence-corrected chi connectivity index (χ0v) is 13.1. The van der Waals surface area contributed by atoms with Gasteiger partial charge in [0.25, 0.3) is 0 Å². The summed E-state index contributed by atoms with van der Waals surface area (Å²) in [5.74, 6) is 0. The smallest absolute Gasteiger partial charge is 0.0531 e. The fourth-order valence-electron chi connectivity index (χ4n) is 4.51. The number of hydrogen-bond donors (Lipinski definition) is 1. The number of rotatable bonds is 4. The number of ether oxygens (including phenoxy) is 1. The largest absolute Gasteiger partial charge is 0.384 e. The molecule has 1 atom stereocenters. The summed E-state index contributed by atoms with van der Waals surface area (Å²) < 4.78 is 5.58. The standard InChI is InChI=1S/C16H31N3O/c1-20-14-16(5-7-17-8-6-16)13-18-9-3-11-19-10-2-4-15(19)12-18/h15,17H,2-14H2,1H3. The van der Waals surface area contributed by atoms with Gasteiger partial charge in [-0.15, -0.1) is 0 Å². The third-order valence-corrected chi connectivity index (χ3v) is 5.56. The van der Waals surface area contributed by atoms with E-state index >= 15 is 0 Å². The maximum absolute atomic E-state index is 5.58. The summed E-state index contributed by atoms with van der Waals surface area (Å²) in [4.78, 5) is 5.48. The molecule has 20 heavy (non-hydrogen) atoms. The van der Waals surface area contributed by atoms with Crippen LogP contribution in [0.1, 0.15) is 32.1 Å². The summed E-state index contributed by atoms with van der Waals surface area (Å²) in [7, 11) is 1.87. The van der Waals surface area contributed by atoms with Crippen molar-refractivity contribution in [1.29, 1.82) is 0 Å². The normalized spacial score (nSPS) is 31.9. The van der Waals surface area contributed by atoms with E-state index in [0.717, 1.165) is 25.7 Å². The average Bonchev–Trinajstić information content (AvgIpc) is 2.79. The third-order valence-electron chi connectivity index (χ3n) is 5.56. The minimum atomic E-state index is 0.397. The lowest BCUT2D eigenvalue weighted by Crippen LogP contribution is -2.49. The van der Waals surface area contributed by atoms with E-state index in [1.807, 2.05) is 7.11 Å². The summed E-state index contributed by atoms with van der Waals surface area (Å²) in [6.45, 7) is 9.72. The first kappa shape index (κ1) is 14.8. The van der Waals surface area contributed by atoms with Gasteiger partial charge in [0, 0.05) is 31.7 Å². The van der Waals surface area contributed by atoms with Crippen molar-refractivity contribution in [2.45, 2.75) is 38.1 Å². The highest BCUT2D eigenvalue weighted by Gasteiger charge is 2.36. The maximum Gasteiger partial charge on any atom is 0.0531 e. The third kappa shape index (κ3) is 3.35. The van der Waals surface area contributed by atoms with E-state index in [-0.39, 0.29) is 0 Å². The van der Waals surface area contributed by atoms with Crippen molar-refractivity contribution in [3.8, 4) is 0 Å². The molecule has 0 aromatic heterocycles. The number of nitrogens with zero attached hydrogens (tertiary/aromatic N) is 2. The van der Waals surface area contributed by atoms with Crippen LogP contribution in [0.5, 0.6) is 0 Å². The molecule has 3 fully saturated rings. The van der Waals surface area contributed by atoms with E-state index in [0.29, 0.717) is 5.41 Å². The molecule has 1 N–H and O–H groups in total. The van der Waals surface area contributed by atoms with E-state index < -0.39 is 0 Å². The zero-order chi connectivity index (χ0) is 13.8. The lowest BCUT2D eigenvalue weighted by atomic mass is 9.79. The van der Waals surface area contributed by atoms with Gasteiger partial charge in [-0.25, -0.2) is 0 Å². The van der Waals surface area contributed by atoms with Crippen molar-refractivity contribution in [3.63, 3.8) is 0 Å². The van der Waals surface area contributed by atoms with Gasteiger partial charge in [-0.3, -0.25) is 4.90 Å². The van der Waals surface area contributed by atoms with E-state index in [9.17, 15) is 0 Å². The minimum Gasteiger partial charge on any atom is -0.384 e. The van der Waals surface area contributed by atoms with Crippen molar-refractivity contribution in [2.24, 2.45) is 5.41 Å². The predicted molar refractivity (Wildman–Crippen MR) is 82.1 cm³/mol. The Kier molecular flexibility index (Phi) is 4.97. The van der Waals surface area contributed by atoms with Crippen LogP contribution in [-0.4, -0.2) is 75.4 Å². The molecule has 3 rings (SSSR count). The van der Waals surface area contributed by atoms with Crippen LogP contribution in [0, 0.1) is 5.41 Å². The highest BCUT2D eigenvalue weighted by molar-refractivity contribution is 4.91. The highest BCUT2D eigenvalue weighted by atomic mass is 16.5. The Labute approximate surface area is 123 Å². The van der Waals surface area contributed by atoms with Crippen molar-refractivity contribution >= 4 is 0 Å². The second-order valence-corrected chi connectivity index (χ2v) is 7.10. The predicted octanol–water partition coefficient (Wildman–Crippen LogP) is 1.17. The number of fused-ring (bicyclic) bond motifs is 1. The van der Waals surface area contributed by atoms with E-state index in [2.05, 4.69) is 15.1 Å². The Morgan fingerprint density at radius 1 is 1.15 bits per heavy atom. The fraction of sp³-hybridized carbons (Fsp3) is 1.00. The molecule has 4 heteroatoms. The van der Waals surface area contributed by atoms with Gasteiger partial charge in [-0.05, 0) is 64.8 Å². The van der Waals surface area contributed by atoms with Crippen LogP contribution in [0.15, 0.2) is 0 Å². The van der Waals surface area contributed by atoms with Gasteiger partial charge in [-0.2, -0.15) is 0 Å². The molecule has 1 unspecified atom stereocenters. The molecule has 0 saturated carbocycles. The summed E-state index contributed by atoms with van der Waals surface area (Å²) in [6, 6.07) is 0.832. The molecule has 4 nitrogen and oxygen atoms in total. The topological polar surface area (TPSA) is 27.7 Å². The Balaban J connectivity index is 1.61. The number of piperidine rings is 1. The van der Waals surface area contributed by atoms with E-state index in [1.54, 1.807) is 0 Å². The second-order valence-electron chi connectivity index (χ2n) is 7.10. The maximum atomic E-state index is 5.58. The molecule has 0 aromatic rings. The van der Waals surface area contributed by atoms with Gasteiger partial charge in [0.2, 0.25) is 0 Å². The van der Waals surface area contributed by atoms with E-state index in [1.165, 1.54) is 64.8 Å². The van der Waals surface area contributed by atoms with E-state index in [4.69, 9.17) is 4.74 Å². The van der Waals surface area contributed by atoms with Crippen LogP contribution in [0.2, 0.25) is 0 Å². The summed E-state index contributed by atoms with van der Waals surface area (Å²) in [5.41, 5.74) is 0.397. The Morgan fingerprint density at radius 3 is 2.75 bits per heavy atom. The Bertz CT molecular complexity index is 299. The summed E-state index contributed by atoms with van der Waals surface area (Å²) in [6.07, 6.45) is 6.70. The van der Waals surface area contributed by atoms with Crippen LogP contribution in [0.25, 0.3) is 0 Å². The number of methoxy groups -OCH3 is 1. The molecular weight excluding hydrogens is 250 g/mol. The molecular formula is C16H31N3O. The molecule has 0 aromatic carbocycles. The molecule has 0 spiro atoms. The van der Waals surface area contributed by atoms with Gasteiger partial charge in [0.05, 0.1) is 6.61 Å². The molecule has 116 valence electrons. The molecule has 0 aliphatic carbocycles. The number of nitrogens with one attached hydrogen (secondary N) is 1.